The van der Waals surface area contributed by atoms with E-state index in [2.05, 4.69) is 38.2 Å². The van der Waals surface area contributed by atoms with Crippen LogP contribution in [0.5, 0.6) is 5.75 Å². The molecule has 2 nitrogen and oxygen atoms in total. The minimum absolute atomic E-state index is 0.124. The van der Waals surface area contributed by atoms with Crippen LogP contribution in [-0.2, 0) is 0 Å². The summed E-state index contributed by atoms with van der Waals surface area (Å²) in [4.78, 5) is 0. The molecule has 0 radical (unpaired) electrons. The molecule has 110 valence electrons. The van der Waals surface area contributed by atoms with E-state index in [1.165, 1.54) is 34.4 Å². The number of ether oxygens (including phenoxy) is 1. The summed E-state index contributed by atoms with van der Waals surface area (Å²) in [7, 11) is 0. The summed E-state index contributed by atoms with van der Waals surface area (Å²) >= 11 is 6.10. The highest BCUT2D eigenvalue weighted by atomic mass is 35.5. The van der Waals surface area contributed by atoms with Gasteiger partial charge >= 0.3 is 0 Å². The topological polar surface area (TPSA) is 21.3 Å². The van der Waals surface area contributed by atoms with Crippen molar-refractivity contribution in [2.24, 2.45) is 0 Å². The van der Waals surface area contributed by atoms with Gasteiger partial charge in [-0.15, -0.1) is 0 Å². The van der Waals surface area contributed by atoms with Crippen LogP contribution in [0.25, 0.3) is 0 Å². The number of hydrogen-bond acceptors (Lipinski definition) is 2. The van der Waals surface area contributed by atoms with Crippen molar-refractivity contribution in [2.75, 3.05) is 11.9 Å². The summed E-state index contributed by atoms with van der Waals surface area (Å²) in [5.74, 6) is 0.157. The van der Waals surface area contributed by atoms with E-state index in [0.717, 1.165) is 0 Å². The van der Waals surface area contributed by atoms with Gasteiger partial charge in [-0.05, 0) is 43.5 Å². The Bertz CT molecular complexity index is 691. The molecular formula is C17H17ClFNO. The molecule has 21 heavy (non-hydrogen) atoms. The minimum atomic E-state index is -0.365. The van der Waals surface area contributed by atoms with Gasteiger partial charge in [-0.25, -0.2) is 4.39 Å². The maximum atomic E-state index is 13.4. The number of aryl methyl sites for hydroxylation is 3. The van der Waals surface area contributed by atoms with Gasteiger partial charge in [-0.2, -0.15) is 0 Å². The number of hydrogen-bond donors (Lipinski definition) is 1. The molecule has 3 rings (SSSR count). The zero-order valence-corrected chi connectivity index (χ0v) is 13.0. The smallest absolute Gasteiger partial charge is 0.162 e. The van der Waals surface area contributed by atoms with Crippen LogP contribution in [0, 0.1) is 26.6 Å². The van der Waals surface area contributed by atoms with Crippen molar-refractivity contribution in [1.82, 2.24) is 0 Å². The van der Waals surface area contributed by atoms with E-state index in [0.29, 0.717) is 23.0 Å². The van der Waals surface area contributed by atoms with Crippen LogP contribution in [0.1, 0.15) is 28.4 Å². The molecule has 1 aliphatic heterocycles. The van der Waals surface area contributed by atoms with Gasteiger partial charge in [0.1, 0.15) is 11.9 Å². The highest BCUT2D eigenvalue weighted by Crippen LogP contribution is 2.41. The third-order valence-corrected chi connectivity index (χ3v) is 4.09. The summed E-state index contributed by atoms with van der Waals surface area (Å²) in [5, 5.41) is 3.51. The van der Waals surface area contributed by atoms with E-state index in [-0.39, 0.29) is 11.9 Å². The second-order valence-corrected chi connectivity index (χ2v) is 5.97. The van der Waals surface area contributed by atoms with E-state index >= 15 is 0 Å². The molecule has 0 saturated carbocycles. The fraction of sp³-hybridized carbons (Fsp3) is 0.294. The van der Waals surface area contributed by atoms with Crippen LogP contribution in [0.4, 0.5) is 10.1 Å². The molecule has 2 aromatic rings. The van der Waals surface area contributed by atoms with Gasteiger partial charge in [0.25, 0.3) is 0 Å². The Morgan fingerprint density at radius 3 is 2.48 bits per heavy atom. The summed E-state index contributed by atoms with van der Waals surface area (Å²) in [6.45, 7) is 6.84. The summed E-state index contributed by atoms with van der Waals surface area (Å²) in [6.07, 6.45) is -0.124. The van der Waals surface area contributed by atoms with E-state index in [1.807, 2.05) is 0 Å². The number of fused-ring (bicyclic) bond motifs is 1. The average Bonchev–Trinajstić information content (AvgIpc) is 2.38. The summed E-state index contributed by atoms with van der Waals surface area (Å²) in [5.41, 5.74) is 5.40. The third kappa shape index (κ3) is 2.58. The first-order chi connectivity index (χ1) is 9.95. The van der Waals surface area contributed by atoms with Gasteiger partial charge < -0.3 is 10.1 Å². The largest absolute Gasteiger partial charge is 0.480 e. The molecule has 0 saturated heterocycles. The number of benzene rings is 2. The normalized spacial score (nSPS) is 16.9. The third-order valence-electron chi connectivity index (χ3n) is 3.81. The lowest BCUT2D eigenvalue weighted by atomic mass is 9.95. The highest BCUT2D eigenvalue weighted by Gasteiger charge is 2.26. The first kappa shape index (κ1) is 14.2. The number of halogens is 2. The molecule has 1 unspecified atom stereocenters. The van der Waals surface area contributed by atoms with Crippen LogP contribution < -0.4 is 10.1 Å². The first-order valence-electron chi connectivity index (χ1n) is 6.93. The maximum Gasteiger partial charge on any atom is 0.162 e. The molecule has 2 aromatic carbocycles. The van der Waals surface area contributed by atoms with E-state index < -0.39 is 0 Å². The quantitative estimate of drug-likeness (QED) is 0.805. The molecule has 4 heteroatoms. The molecule has 0 aliphatic carbocycles. The predicted octanol–water partition coefficient (Wildman–Crippen LogP) is 4.95. The Hall–Kier alpha value is -1.74. The fourth-order valence-corrected chi connectivity index (χ4v) is 3.31. The maximum absolute atomic E-state index is 13.4. The Balaban J connectivity index is 2.01. The monoisotopic (exact) mass is 305 g/mol. The summed E-state index contributed by atoms with van der Waals surface area (Å²) < 4.78 is 19.4. The number of nitrogens with one attached hydrogen (secondary N) is 1. The Kier molecular flexibility index (Phi) is 3.54. The number of rotatable bonds is 1. The van der Waals surface area contributed by atoms with Crippen LogP contribution in [0.15, 0.2) is 24.3 Å². The Morgan fingerprint density at radius 2 is 1.81 bits per heavy atom. The molecular weight excluding hydrogens is 289 g/mol. The first-order valence-corrected chi connectivity index (χ1v) is 7.31. The lowest BCUT2D eigenvalue weighted by Crippen LogP contribution is -2.25. The second kappa shape index (κ2) is 5.23. The predicted molar refractivity (Wildman–Crippen MR) is 83.9 cm³/mol. The van der Waals surface area contributed by atoms with Crippen molar-refractivity contribution < 1.29 is 9.13 Å². The van der Waals surface area contributed by atoms with Crippen LogP contribution in [-0.4, -0.2) is 6.54 Å². The Labute approximate surface area is 128 Å². The van der Waals surface area contributed by atoms with Gasteiger partial charge in [0.2, 0.25) is 0 Å². The zero-order chi connectivity index (χ0) is 15.1. The molecule has 1 heterocycles. The van der Waals surface area contributed by atoms with Crippen LogP contribution in [0.3, 0.4) is 0 Å². The molecule has 0 amide bonds. The molecule has 0 bridgehead atoms. The van der Waals surface area contributed by atoms with Gasteiger partial charge in [0.15, 0.2) is 5.75 Å². The average molecular weight is 306 g/mol. The van der Waals surface area contributed by atoms with Crippen molar-refractivity contribution in [1.29, 1.82) is 0 Å². The van der Waals surface area contributed by atoms with Gasteiger partial charge in [-0.1, -0.05) is 29.3 Å². The second-order valence-electron chi connectivity index (χ2n) is 5.56. The SMILES string of the molecule is Cc1cc(C)c(C2CNc3cc(F)cc(Cl)c3O2)c(C)c1. The standard InChI is InChI=1S/C17H17ClFNO/c1-9-4-10(2)16(11(3)5-9)15-8-20-14-7-12(19)6-13(18)17(14)21-15/h4-7,15,20H,8H2,1-3H3. The van der Waals surface area contributed by atoms with Crippen molar-refractivity contribution in [3.63, 3.8) is 0 Å². The van der Waals surface area contributed by atoms with Gasteiger partial charge in [-0.3, -0.25) is 0 Å². The van der Waals surface area contributed by atoms with Crippen LogP contribution >= 0.6 is 11.6 Å². The molecule has 1 atom stereocenters. The number of anilines is 1. The van der Waals surface area contributed by atoms with Crippen molar-refractivity contribution in [2.45, 2.75) is 26.9 Å². The molecule has 0 spiro atoms. The lowest BCUT2D eigenvalue weighted by Gasteiger charge is -2.30. The molecule has 1 N–H and O–H groups in total. The fourth-order valence-electron chi connectivity index (χ4n) is 3.06. The van der Waals surface area contributed by atoms with Gasteiger partial charge in [0, 0.05) is 6.07 Å². The van der Waals surface area contributed by atoms with E-state index in [4.69, 9.17) is 16.3 Å². The zero-order valence-electron chi connectivity index (χ0n) is 12.3. The van der Waals surface area contributed by atoms with Crippen molar-refractivity contribution in [3.05, 3.63) is 57.4 Å². The lowest BCUT2D eigenvalue weighted by molar-refractivity contribution is 0.209. The van der Waals surface area contributed by atoms with Crippen molar-refractivity contribution >= 4 is 17.3 Å². The van der Waals surface area contributed by atoms with Crippen LogP contribution in [0.2, 0.25) is 5.02 Å². The molecule has 0 fully saturated rings. The van der Waals surface area contributed by atoms with E-state index in [9.17, 15) is 4.39 Å². The van der Waals surface area contributed by atoms with Crippen molar-refractivity contribution in [3.8, 4) is 5.75 Å². The van der Waals surface area contributed by atoms with E-state index in [1.54, 1.807) is 0 Å². The molecule has 0 aromatic heterocycles. The Morgan fingerprint density at radius 1 is 1.14 bits per heavy atom. The van der Waals surface area contributed by atoms with Gasteiger partial charge in [0.05, 0.1) is 17.3 Å². The highest BCUT2D eigenvalue weighted by molar-refractivity contribution is 6.32. The summed E-state index contributed by atoms with van der Waals surface area (Å²) in [6, 6.07) is 6.98. The minimum Gasteiger partial charge on any atom is -0.480 e. The molecule has 1 aliphatic rings.